The first-order valence-corrected chi connectivity index (χ1v) is 11.9. The van der Waals surface area contributed by atoms with Crippen molar-refractivity contribution >= 4 is 6.03 Å². The zero-order valence-electron chi connectivity index (χ0n) is 18.9. The Bertz CT molecular complexity index is 811. The number of amides is 2. The molecule has 6 nitrogen and oxygen atoms in total. The van der Waals surface area contributed by atoms with Gasteiger partial charge in [0.15, 0.2) is 0 Å². The van der Waals surface area contributed by atoms with Crippen molar-refractivity contribution in [3.8, 4) is 0 Å². The molecule has 2 fully saturated rings. The van der Waals surface area contributed by atoms with Crippen LogP contribution in [-0.4, -0.2) is 68.3 Å². The van der Waals surface area contributed by atoms with Crippen LogP contribution in [0.1, 0.15) is 30.0 Å². The van der Waals surface area contributed by atoms with E-state index in [2.05, 4.69) is 75.0 Å². The molecule has 2 unspecified atom stereocenters. The standard InChI is InChI=1S/C26H36N4O2/c31-26(27-18-23-10-7-13-29(21-23)20-22-8-3-1-4-9-22)28-19-25(24-11-5-2-6-12-24)30-14-16-32-17-15-30/h1-6,8-9,11-12,23,25H,7,10,13-21H2,(H2,27,28,31). The van der Waals surface area contributed by atoms with E-state index in [1.165, 1.54) is 24.0 Å². The molecule has 2 amide bonds. The number of ether oxygens (including phenoxy) is 1. The van der Waals surface area contributed by atoms with Gasteiger partial charge in [0.25, 0.3) is 0 Å². The fourth-order valence-corrected chi connectivity index (χ4v) is 4.81. The summed E-state index contributed by atoms with van der Waals surface area (Å²) in [5.41, 5.74) is 2.59. The predicted molar refractivity (Wildman–Crippen MR) is 127 cm³/mol. The molecular formula is C26H36N4O2. The minimum atomic E-state index is -0.0700. The first-order chi connectivity index (χ1) is 15.8. The van der Waals surface area contributed by atoms with E-state index in [-0.39, 0.29) is 12.1 Å². The third-order valence-electron chi connectivity index (χ3n) is 6.53. The summed E-state index contributed by atoms with van der Waals surface area (Å²) < 4.78 is 5.52. The van der Waals surface area contributed by atoms with Crippen molar-refractivity contribution in [2.75, 3.05) is 52.5 Å². The fourth-order valence-electron chi connectivity index (χ4n) is 4.81. The topological polar surface area (TPSA) is 56.8 Å². The van der Waals surface area contributed by atoms with Crippen LogP contribution in [0.15, 0.2) is 60.7 Å². The van der Waals surface area contributed by atoms with E-state index >= 15 is 0 Å². The van der Waals surface area contributed by atoms with Crippen LogP contribution in [0.2, 0.25) is 0 Å². The number of carbonyl (C=O) groups excluding carboxylic acids is 1. The summed E-state index contributed by atoms with van der Waals surface area (Å²) in [4.78, 5) is 17.5. The summed E-state index contributed by atoms with van der Waals surface area (Å²) in [5, 5.41) is 6.25. The molecule has 2 aromatic carbocycles. The van der Waals surface area contributed by atoms with Gasteiger partial charge in [0.1, 0.15) is 0 Å². The van der Waals surface area contributed by atoms with Gasteiger partial charge in [-0.1, -0.05) is 60.7 Å². The molecule has 2 aromatic rings. The van der Waals surface area contributed by atoms with Gasteiger partial charge >= 0.3 is 6.03 Å². The molecule has 2 atom stereocenters. The Kier molecular flexibility index (Phi) is 8.54. The smallest absolute Gasteiger partial charge is 0.314 e. The number of rotatable bonds is 8. The van der Waals surface area contributed by atoms with Crippen LogP contribution < -0.4 is 10.6 Å². The molecule has 0 spiro atoms. The van der Waals surface area contributed by atoms with Crippen molar-refractivity contribution < 1.29 is 9.53 Å². The SMILES string of the molecule is O=C(NCC1CCCN(Cc2ccccc2)C1)NCC(c1ccccc1)N1CCOCC1. The number of benzene rings is 2. The maximum Gasteiger partial charge on any atom is 0.314 e. The summed E-state index contributed by atoms with van der Waals surface area (Å²) >= 11 is 0. The second kappa shape index (κ2) is 12.0. The van der Waals surface area contributed by atoms with Crippen LogP contribution in [0.4, 0.5) is 4.79 Å². The lowest BCUT2D eigenvalue weighted by Crippen LogP contribution is -2.47. The number of carbonyl (C=O) groups is 1. The average molecular weight is 437 g/mol. The van der Waals surface area contributed by atoms with Gasteiger partial charge in [-0.25, -0.2) is 4.79 Å². The minimum Gasteiger partial charge on any atom is -0.379 e. The Hall–Kier alpha value is -2.41. The summed E-state index contributed by atoms with van der Waals surface area (Å²) in [6.45, 7) is 7.76. The number of morpholine rings is 1. The number of urea groups is 1. The summed E-state index contributed by atoms with van der Waals surface area (Å²) in [6, 6.07) is 21.2. The Morgan fingerprint density at radius 1 is 0.969 bits per heavy atom. The molecule has 6 heteroatoms. The van der Waals surface area contributed by atoms with Crippen LogP contribution in [-0.2, 0) is 11.3 Å². The number of nitrogens with zero attached hydrogens (tertiary/aromatic N) is 2. The Morgan fingerprint density at radius 3 is 2.44 bits per heavy atom. The average Bonchev–Trinajstić information content (AvgIpc) is 2.85. The van der Waals surface area contributed by atoms with E-state index in [0.29, 0.717) is 12.5 Å². The number of likely N-dealkylation sites (tertiary alicyclic amines) is 1. The summed E-state index contributed by atoms with van der Waals surface area (Å²) in [5.74, 6) is 0.502. The third kappa shape index (κ3) is 6.79. The largest absolute Gasteiger partial charge is 0.379 e. The van der Waals surface area contributed by atoms with Crippen molar-refractivity contribution in [2.24, 2.45) is 5.92 Å². The number of hydrogen-bond acceptors (Lipinski definition) is 4. The number of piperidine rings is 1. The predicted octanol–water partition coefficient (Wildman–Crippen LogP) is 3.27. The lowest BCUT2D eigenvalue weighted by atomic mass is 9.97. The zero-order valence-corrected chi connectivity index (χ0v) is 18.9. The first kappa shape index (κ1) is 22.8. The van der Waals surface area contributed by atoms with Gasteiger partial charge in [-0.15, -0.1) is 0 Å². The highest BCUT2D eigenvalue weighted by Crippen LogP contribution is 2.21. The Balaban J connectivity index is 1.23. The van der Waals surface area contributed by atoms with Crippen molar-refractivity contribution in [3.63, 3.8) is 0 Å². The molecule has 0 aliphatic carbocycles. The monoisotopic (exact) mass is 436 g/mol. The fraction of sp³-hybridized carbons (Fsp3) is 0.500. The maximum absolute atomic E-state index is 12.6. The first-order valence-electron chi connectivity index (χ1n) is 11.9. The molecule has 0 bridgehead atoms. The van der Waals surface area contributed by atoms with Crippen LogP contribution in [0.25, 0.3) is 0 Å². The molecule has 0 radical (unpaired) electrons. The van der Waals surface area contributed by atoms with Crippen LogP contribution in [0.3, 0.4) is 0 Å². The molecule has 2 aliphatic rings. The van der Waals surface area contributed by atoms with E-state index < -0.39 is 0 Å². The molecule has 4 rings (SSSR count). The number of nitrogens with one attached hydrogen (secondary N) is 2. The van der Waals surface area contributed by atoms with Gasteiger partial charge < -0.3 is 15.4 Å². The van der Waals surface area contributed by atoms with Crippen molar-refractivity contribution in [2.45, 2.75) is 25.4 Å². The van der Waals surface area contributed by atoms with Crippen LogP contribution in [0, 0.1) is 5.92 Å². The minimum absolute atomic E-state index is 0.0700. The lowest BCUT2D eigenvalue weighted by molar-refractivity contribution is 0.0167. The molecule has 0 saturated carbocycles. The molecule has 32 heavy (non-hydrogen) atoms. The van der Waals surface area contributed by atoms with Crippen molar-refractivity contribution in [1.82, 2.24) is 20.4 Å². The second-order valence-corrected chi connectivity index (χ2v) is 8.89. The Labute approximate surface area is 191 Å². The molecule has 2 aliphatic heterocycles. The van der Waals surface area contributed by atoms with E-state index in [1.54, 1.807) is 0 Å². The molecule has 2 saturated heterocycles. The highest BCUT2D eigenvalue weighted by molar-refractivity contribution is 5.73. The molecule has 2 N–H and O–H groups in total. The van der Waals surface area contributed by atoms with Gasteiger partial charge in [0.2, 0.25) is 0 Å². The van der Waals surface area contributed by atoms with Gasteiger partial charge in [0, 0.05) is 39.3 Å². The van der Waals surface area contributed by atoms with E-state index in [1.807, 2.05) is 6.07 Å². The van der Waals surface area contributed by atoms with Gasteiger partial charge in [-0.05, 0) is 36.4 Å². The van der Waals surface area contributed by atoms with Gasteiger partial charge in [0.05, 0.1) is 19.3 Å². The Morgan fingerprint density at radius 2 is 1.69 bits per heavy atom. The molecule has 2 heterocycles. The van der Waals surface area contributed by atoms with Crippen molar-refractivity contribution in [1.29, 1.82) is 0 Å². The number of hydrogen-bond donors (Lipinski definition) is 2. The summed E-state index contributed by atoms with van der Waals surface area (Å²) in [6.07, 6.45) is 2.36. The van der Waals surface area contributed by atoms with E-state index in [4.69, 9.17) is 4.74 Å². The maximum atomic E-state index is 12.6. The molecule has 0 aromatic heterocycles. The summed E-state index contributed by atoms with van der Waals surface area (Å²) in [7, 11) is 0. The van der Waals surface area contributed by atoms with Crippen LogP contribution in [0.5, 0.6) is 0 Å². The van der Waals surface area contributed by atoms with Gasteiger partial charge in [-0.3, -0.25) is 9.80 Å². The van der Waals surface area contributed by atoms with Crippen LogP contribution >= 0.6 is 0 Å². The second-order valence-electron chi connectivity index (χ2n) is 8.89. The van der Waals surface area contributed by atoms with E-state index in [9.17, 15) is 4.79 Å². The van der Waals surface area contributed by atoms with Crippen molar-refractivity contribution in [3.05, 3.63) is 71.8 Å². The van der Waals surface area contributed by atoms with Gasteiger partial charge in [-0.2, -0.15) is 0 Å². The quantitative estimate of drug-likeness (QED) is 0.667. The zero-order chi connectivity index (χ0) is 22.0. The van der Waals surface area contributed by atoms with E-state index in [0.717, 1.165) is 52.5 Å². The molecular weight excluding hydrogens is 400 g/mol. The lowest BCUT2D eigenvalue weighted by Gasteiger charge is -2.35. The third-order valence-corrected chi connectivity index (χ3v) is 6.53. The normalized spacial score (nSPS) is 21.1. The highest BCUT2D eigenvalue weighted by Gasteiger charge is 2.24. The molecule has 172 valence electrons. The highest BCUT2D eigenvalue weighted by atomic mass is 16.5.